The van der Waals surface area contributed by atoms with Gasteiger partial charge in [0.25, 0.3) is 16.8 Å². The summed E-state index contributed by atoms with van der Waals surface area (Å²) in [5.41, 5.74) is 3.70. The van der Waals surface area contributed by atoms with Crippen LogP contribution >= 0.6 is 23.2 Å². The number of hydrogen-bond acceptors (Lipinski definition) is 6. The zero-order chi connectivity index (χ0) is 19.0. The molecule has 0 saturated heterocycles. The first-order chi connectivity index (χ1) is 12.3. The normalized spacial score (nSPS) is 10.7. The minimum absolute atomic E-state index is 0.00231. The topological polar surface area (TPSA) is 122 Å². The van der Waals surface area contributed by atoms with Crippen molar-refractivity contribution in [2.75, 3.05) is 10.6 Å². The zero-order valence-corrected chi connectivity index (χ0v) is 14.5. The summed E-state index contributed by atoms with van der Waals surface area (Å²) in [5, 5.41) is 15.9. The van der Waals surface area contributed by atoms with Gasteiger partial charge in [0.2, 0.25) is 0 Å². The fourth-order valence-electron chi connectivity index (χ4n) is 2.36. The van der Waals surface area contributed by atoms with E-state index >= 15 is 0 Å². The lowest BCUT2D eigenvalue weighted by Gasteiger charge is -2.17. The van der Waals surface area contributed by atoms with Gasteiger partial charge in [-0.2, -0.15) is 0 Å². The van der Waals surface area contributed by atoms with Gasteiger partial charge in [-0.3, -0.25) is 14.4 Å². The van der Waals surface area contributed by atoms with Gasteiger partial charge in [0.05, 0.1) is 21.4 Å². The highest BCUT2D eigenvalue weighted by atomic mass is 35.5. The molecule has 0 radical (unpaired) electrons. The first-order valence-corrected chi connectivity index (χ1v) is 8.00. The van der Waals surface area contributed by atoms with Crippen molar-refractivity contribution in [2.45, 2.75) is 0 Å². The average Bonchev–Trinajstić information content (AvgIpc) is 2.60. The molecule has 0 aliphatic carbocycles. The van der Waals surface area contributed by atoms with Gasteiger partial charge in [-0.1, -0.05) is 35.3 Å². The maximum Gasteiger partial charge on any atom is 0.254 e. The number of nitrogens with one attached hydrogen (secondary N) is 2. The van der Waals surface area contributed by atoms with Crippen LogP contribution < -0.4 is 27.2 Å². The number of anilines is 4. The van der Waals surface area contributed by atoms with Crippen molar-refractivity contribution in [3.8, 4) is 5.75 Å². The highest BCUT2D eigenvalue weighted by Crippen LogP contribution is 2.36. The van der Waals surface area contributed by atoms with E-state index in [0.717, 1.165) is 0 Å². The van der Waals surface area contributed by atoms with E-state index in [2.05, 4.69) is 10.6 Å². The Balaban J connectivity index is 1.98. The summed E-state index contributed by atoms with van der Waals surface area (Å²) in [6.07, 6.45) is 0. The summed E-state index contributed by atoms with van der Waals surface area (Å²) in [7, 11) is 0. The number of benzene rings is 2. The number of para-hydroxylation sites is 1. The standard InChI is InChI=1S/C17H11Cl2N3O4/c18-7-3-1-2-4-9(7)21-12-13(16(25)15(12)24)22-10-6-5-8(19)11(14(10)23)17(20)26/h1-6,21-23H,(H2,20,26). The zero-order valence-electron chi connectivity index (χ0n) is 13.0. The highest BCUT2D eigenvalue weighted by Gasteiger charge is 2.24. The Morgan fingerprint density at radius 1 is 0.885 bits per heavy atom. The van der Waals surface area contributed by atoms with Crippen LogP contribution in [0.3, 0.4) is 0 Å². The first kappa shape index (κ1) is 17.8. The lowest BCUT2D eigenvalue weighted by Crippen LogP contribution is -2.35. The molecule has 7 nitrogen and oxygen atoms in total. The van der Waals surface area contributed by atoms with E-state index < -0.39 is 22.5 Å². The fraction of sp³-hybridized carbons (Fsp3) is 0. The number of halogens is 2. The molecular weight excluding hydrogens is 381 g/mol. The van der Waals surface area contributed by atoms with Crippen molar-refractivity contribution < 1.29 is 9.90 Å². The number of rotatable bonds is 5. The molecule has 0 fully saturated rings. The number of phenols is 1. The molecule has 0 bridgehead atoms. The molecule has 0 aromatic heterocycles. The number of carbonyl (C=O) groups excluding carboxylic acids is 1. The van der Waals surface area contributed by atoms with Crippen molar-refractivity contribution in [1.29, 1.82) is 0 Å². The fourth-order valence-corrected chi connectivity index (χ4v) is 2.79. The van der Waals surface area contributed by atoms with Crippen molar-refractivity contribution in [3.63, 3.8) is 0 Å². The lowest BCUT2D eigenvalue weighted by molar-refractivity contribution is 0.0998. The second-order valence-electron chi connectivity index (χ2n) is 5.32. The van der Waals surface area contributed by atoms with E-state index in [1.165, 1.54) is 12.1 Å². The SMILES string of the molecule is NC(=O)c1c(Cl)ccc(Nc2c(Nc3ccccc3Cl)c(=O)c2=O)c1O. The van der Waals surface area contributed by atoms with Crippen molar-refractivity contribution >= 4 is 51.9 Å². The Kier molecular flexibility index (Phi) is 4.58. The van der Waals surface area contributed by atoms with E-state index in [0.29, 0.717) is 10.7 Å². The van der Waals surface area contributed by atoms with Crippen LogP contribution in [-0.4, -0.2) is 11.0 Å². The number of hydrogen-bond donors (Lipinski definition) is 4. The Hall–Kier alpha value is -3.03. The van der Waals surface area contributed by atoms with E-state index in [1.807, 2.05) is 0 Å². The lowest BCUT2D eigenvalue weighted by atomic mass is 10.1. The average molecular weight is 392 g/mol. The molecule has 1 amide bonds. The Morgan fingerprint density at radius 2 is 1.46 bits per heavy atom. The Bertz CT molecular complexity index is 1100. The predicted octanol–water partition coefficient (Wildman–Crippen LogP) is 2.88. The van der Waals surface area contributed by atoms with Crippen molar-refractivity contribution in [3.05, 3.63) is 72.5 Å². The third-order valence-electron chi connectivity index (χ3n) is 3.68. The van der Waals surface area contributed by atoms with Gasteiger partial charge in [0.15, 0.2) is 5.75 Å². The summed E-state index contributed by atoms with van der Waals surface area (Å²) in [4.78, 5) is 35.2. The van der Waals surface area contributed by atoms with E-state index in [-0.39, 0.29) is 27.6 Å². The third kappa shape index (κ3) is 2.98. The van der Waals surface area contributed by atoms with Crippen LogP contribution in [0.1, 0.15) is 10.4 Å². The first-order valence-electron chi connectivity index (χ1n) is 7.24. The molecule has 0 spiro atoms. The molecule has 3 rings (SSSR count). The maximum absolute atomic E-state index is 11.9. The van der Waals surface area contributed by atoms with Crippen LogP contribution in [0, 0.1) is 0 Å². The van der Waals surface area contributed by atoms with E-state index in [1.54, 1.807) is 24.3 Å². The van der Waals surface area contributed by atoms with E-state index in [9.17, 15) is 19.5 Å². The molecule has 5 N–H and O–H groups in total. The Morgan fingerprint density at radius 3 is 2.04 bits per heavy atom. The van der Waals surface area contributed by atoms with Crippen LogP contribution in [0.15, 0.2) is 46.0 Å². The molecule has 0 aliphatic heterocycles. The molecule has 0 unspecified atom stereocenters. The minimum atomic E-state index is -0.935. The highest BCUT2D eigenvalue weighted by molar-refractivity contribution is 6.34. The molecule has 132 valence electrons. The molecular formula is C17H11Cl2N3O4. The summed E-state index contributed by atoms with van der Waals surface area (Å²) >= 11 is 11.9. The van der Waals surface area contributed by atoms with Gasteiger partial charge in [-0.15, -0.1) is 0 Å². The number of primary amides is 1. The van der Waals surface area contributed by atoms with Crippen LogP contribution in [0.2, 0.25) is 10.0 Å². The van der Waals surface area contributed by atoms with Crippen LogP contribution in [0.4, 0.5) is 22.7 Å². The van der Waals surface area contributed by atoms with Gasteiger partial charge >= 0.3 is 0 Å². The molecule has 3 aromatic rings. The van der Waals surface area contributed by atoms with Gasteiger partial charge in [0, 0.05) is 0 Å². The van der Waals surface area contributed by atoms with Crippen LogP contribution in [0.5, 0.6) is 5.75 Å². The van der Waals surface area contributed by atoms with Crippen LogP contribution in [0.25, 0.3) is 0 Å². The quantitative estimate of drug-likeness (QED) is 0.391. The number of aromatic hydroxyl groups is 1. The largest absolute Gasteiger partial charge is 0.505 e. The molecule has 9 heteroatoms. The second kappa shape index (κ2) is 6.70. The number of amides is 1. The number of carbonyl (C=O) groups is 1. The molecule has 0 atom stereocenters. The minimum Gasteiger partial charge on any atom is -0.505 e. The van der Waals surface area contributed by atoms with Gasteiger partial charge in [-0.25, -0.2) is 0 Å². The summed E-state index contributed by atoms with van der Waals surface area (Å²) < 4.78 is 0. The molecule has 26 heavy (non-hydrogen) atoms. The second-order valence-corrected chi connectivity index (χ2v) is 6.14. The summed E-state index contributed by atoms with van der Waals surface area (Å²) in [6.45, 7) is 0. The summed E-state index contributed by atoms with van der Waals surface area (Å²) in [6, 6.07) is 9.35. The molecule has 0 saturated carbocycles. The van der Waals surface area contributed by atoms with Crippen molar-refractivity contribution in [1.82, 2.24) is 0 Å². The smallest absolute Gasteiger partial charge is 0.254 e. The van der Waals surface area contributed by atoms with Gasteiger partial charge < -0.3 is 21.5 Å². The molecule has 3 aromatic carbocycles. The summed E-state index contributed by atoms with van der Waals surface area (Å²) in [5.74, 6) is -1.46. The van der Waals surface area contributed by atoms with Crippen LogP contribution in [-0.2, 0) is 0 Å². The van der Waals surface area contributed by atoms with Crippen molar-refractivity contribution in [2.24, 2.45) is 5.73 Å². The van der Waals surface area contributed by atoms with E-state index in [4.69, 9.17) is 28.9 Å². The van der Waals surface area contributed by atoms with Gasteiger partial charge in [0.1, 0.15) is 16.9 Å². The Labute approximate surface area is 156 Å². The molecule has 0 aliphatic rings. The number of nitrogens with two attached hydrogens (primary N) is 1. The van der Waals surface area contributed by atoms with Gasteiger partial charge in [-0.05, 0) is 24.3 Å². The predicted molar refractivity (Wildman–Crippen MR) is 101 cm³/mol. The maximum atomic E-state index is 11.9. The monoisotopic (exact) mass is 391 g/mol. The molecule has 0 heterocycles. The third-order valence-corrected chi connectivity index (χ3v) is 4.32.